The predicted octanol–water partition coefficient (Wildman–Crippen LogP) is 1.97. The van der Waals surface area contributed by atoms with Crippen LogP contribution in [0.15, 0.2) is 41.7 Å². The van der Waals surface area contributed by atoms with E-state index in [0.29, 0.717) is 29.1 Å². The average Bonchev–Trinajstić information content (AvgIpc) is 3.21. The summed E-state index contributed by atoms with van der Waals surface area (Å²) in [6.07, 6.45) is 4.01. The Labute approximate surface area is 160 Å². The van der Waals surface area contributed by atoms with Gasteiger partial charge in [-0.2, -0.15) is 10.2 Å². The molecule has 0 atom stereocenters. The van der Waals surface area contributed by atoms with Gasteiger partial charge in [-0.05, 0) is 31.0 Å². The van der Waals surface area contributed by atoms with E-state index in [1.165, 1.54) is 16.5 Å². The minimum Gasteiger partial charge on any atom is -0.291 e. The maximum absolute atomic E-state index is 12.7. The topological polar surface area (TPSA) is 83.4 Å². The highest BCUT2D eigenvalue weighted by Gasteiger charge is 2.13. The quantitative estimate of drug-likeness (QED) is 0.526. The van der Waals surface area contributed by atoms with Crippen LogP contribution in [0.4, 0.5) is 0 Å². The number of nitrogens with zero attached hydrogens (tertiary/aromatic N) is 7. The van der Waals surface area contributed by atoms with E-state index >= 15 is 0 Å². The predicted molar refractivity (Wildman–Crippen MR) is 102 cm³/mol. The molecule has 0 bridgehead atoms. The Balaban J connectivity index is 1.50. The second-order valence-electron chi connectivity index (χ2n) is 6.39. The molecule has 0 unspecified atom stereocenters. The number of aromatic nitrogens is 7. The minimum atomic E-state index is -0.136. The highest BCUT2D eigenvalue weighted by molar-refractivity contribution is 6.30. The summed E-state index contributed by atoms with van der Waals surface area (Å²) in [4.78, 5) is 21.4. The summed E-state index contributed by atoms with van der Waals surface area (Å²) in [5.41, 5.74) is 2.29. The Hall–Kier alpha value is -3.00. The van der Waals surface area contributed by atoms with Gasteiger partial charge in [0.05, 0.1) is 12.2 Å². The van der Waals surface area contributed by atoms with Crippen molar-refractivity contribution in [2.24, 2.45) is 7.05 Å². The number of fused-ring (bicyclic) bond motifs is 1. The second kappa shape index (κ2) is 6.96. The van der Waals surface area contributed by atoms with Crippen molar-refractivity contribution in [1.82, 2.24) is 34.1 Å². The maximum Gasteiger partial charge on any atom is 0.265 e. The molecule has 0 aliphatic rings. The van der Waals surface area contributed by atoms with Gasteiger partial charge in [0.2, 0.25) is 0 Å². The first kappa shape index (κ1) is 17.4. The molecule has 0 radical (unpaired) electrons. The normalized spacial score (nSPS) is 11.4. The van der Waals surface area contributed by atoms with Crippen LogP contribution < -0.4 is 5.56 Å². The van der Waals surface area contributed by atoms with Gasteiger partial charge in [-0.1, -0.05) is 23.7 Å². The van der Waals surface area contributed by atoms with Crippen LogP contribution in [0.5, 0.6) is 0 Å². The van der Waals surface area contributed by atoms with Gasteiger partial charge in [0.25, 0.3) is 5.56 Å². The molecule has 4 aromatic rings. The first-order valence-electron chi connectivity index (χ1n) is 8.53. The highest BCUT2D eigenvalue weighted by Crippen LogP contribution is 2.11. The molecule has 9 heteroatoms. The number of halogens is 1. The van der Waals surface area contributed by atoms with Crippen LogP contribution >= 0.6 is 11.6 Å². The second-order valence-corrected chi connectivity index (χ2v) is 6.82. The van der Waals surface area contributed by atoms with Crippen LogP contribution in [0.3, 0.4) is 0 Å². The van der Waals surface area contributed by atoms with Crippen LogP contribution in [0.2, 0.25) is 5.02 Å². The molecular formula is C18H18ClN7O. The third-order valence-electron chi connectivity index (χ3n) is 4.42. The van der Waals surface area contributed by atoms with Crippen molar-refractivity contribution >= 4 is 22.6 Å². The SMILES string of the molecule is Cc1nn(C)c2ncn(Cc3ncn(CCc4ccc(Cl)cc4)n3)c(=O)c12. The average molecular weight is 384 g/mol. The lowest BCUT2D eigenvalue weighted by atomic mass is 10.1. The lowest BCUT2D eigenvalue weighted by Gasteiger charge is -2.03. The maximum atomic E-state index is 12.7. The Morgan fingerprint density at radius 2 is 1.85 bits per heavy atom. The molecule has 3 heterocycles. The third-order valence-corrected chi connectivity index (χ3v) is 4.68. The number of hydrogen-bond donors (Lipinski definition) is 0. The van der Waals surface area contributed by atoms with E-state index in [1.54, 1.807) is 29.7 Å². The fraction of sp³-hybridized carbons (Fsp3) is 0.278. The van der Waals surface area contributed by atoms with Gasteiger partial charge in [0.1, 0.15) is 18.0 Å². The Kier molecular flexibility index (Phi) is 4.49. The number of aryl methyl sites for hydroxylation is 4. The van der Waals surface area contributed by atoms with E-state index in [0.717, 1.165) is 11.4 Å². The molecule has 0 fully saturated rings. The van der Waals surface area contributed by atoms with Gasteiger partial charge in [-0.3, -0.25) is 14.0 Å². The van der Waals surface area contributed by atoms with Crippen molar-refractivity contribution in [3.8, 4) is 0 Å². The molecule has 27 heavy (non-hydrogen) atoms. The van der Waals surface area contributed by atoms with E-state index in [-0.39, 0.29) is 12.1 Å². The van der Waals surface area contributed by atoms with Crippen molar-refractivity contribution in [3.63, 3.8) is 0 Å². The minimum absolute atomic E-state index is 0.136. The van der Waals surface area contributed by atoms with Gasteiger partial charge in [0.15, 0.2) is 11.5 Å². The number of benzene rings is 1. The molecular weight excluding hydrogens is 366 g/mol. The van der Waals surface area contributed by atoms with Gasteiger partial charge < -0.3 is 0 Å². The molecule has 1 aromatic carbocycles. The molecule has 0 saturated carbocycles. The lowest BCUT2D eigenvalue weighted by Crippen LogP contribution is -2.22. The Morgan fingerprint density at radius 1 is 1.07 bits per heavy atom. The zero-order chi connectivity index (χ0) is 19.0. The van der Waals surface area contributed by atoms with Crippen LogP contribution in [0.25, 0.3) is 11.0 Å². The van der Waals surface area contributed by atoms with E-state index < -0.39 is 0 Å². The van der Waals surface area contributed by atoms with Crippen molar-refractivity contribution in [2.75, 3.05) is 0 Å². The fourth-order valence-electron chi connectivity index (χ4n) is 3.04. The smallest absolute Gasteiger partial charge is 0.265 e. The van der Waals surface area contributed by atoms with Crippen molar-refractivity contribution < 1.29 is 0 Å². The van der Waals surface area contributed by atoms with Crippen molar-refractivity contribution in [1.29, 1.82) is 0 Å². The molecule has 0 N–H and O–H groups in total. The molecule has 0 amide bonds. The van der Waals surface area contributed by atoms with E-state index in [4.69, 9.17) is 11.6 Å². The molecule has 0 spiro atoms. The molecule has 0 saturated heterocycles. The number of hydrogen-bond acceptors (Lipinski definition) is 5. The lowest BCUT2D eigenvalue weighted by molar-refractivity contribution is 0.596. The summed E-state index contributed by atoms with van der Waals surface area (Å²) in [7, 11) is 1.77. The largest absolute Gasteiger partial charge is 0.291 e. The first-order valence-corrected chi connectivity index (χ1v) is 8.90. The van der Waals surface area contributed by atoms with E-state index in [1.807, 2.05) is 24.3 Å². The van der Waals surface area contributed by atoms with Gasteiger partial charge in [-0.15, -0.1) is 0 Å². The summed E-state index contributed by atoms with van der Waals surface area (Å²) in [5.74, 6) is 0.566. The Morgan fingerprint density at radius 3 is 2.63 bits per heavy atom. The highest BCUT2D eigenvalue weighted by atomic mass is 35.5. The van der Waals surface area contributed by atoms with Crippen molar-refractivity contribution in [2.45, 2.75) is 26.4 Å². The Bertz CT molecular complexity index is 1160. The zero-order valence-corrected chi connectivity index (χ0v) is 15.8. The van der Waals surface area contributed by atoms with E-state index in [2.05, 4.69) is 20.2 Å². The van der Waals surface area contributed by atoms with Gasteiger partial charge in [0, 0.05) is 18.6 Å². The van der Waals surface area contributed by atoms with Crippen LogP contribution in [0, 0.1) is 6.92 Å². The molecule has 138 valence electrons. The fourth-order valence-corrected chi connectivity index (χ4v) is 3.16. The summed E-state index contributed by atoms with van der Waals surface area (Å²) in [5, 5.41) is 9.97. The van der Waals surface area contributed by atoms with E-state index in [9.17, 15) is 4.79 Å². The standard InChI is InChI=1S/C18H18ClN7O/c1-12-16-17(24(2)22-12)21-10-25(18(16)27)9-15-20-11-26(23-15)8-7-13-3-5-14(19)6-4-13/h3-6,10-11H,7-9H2,1-2H3. The van der Waals surface area contributed by atoms with Gasteiger partial charge >= 0.3 is 0 Å². The van der Waals surface area contributed by atoms with Crippen LogP contribution in [0.1, 0.15) is 17.1 Å². The van der Waals surface area contributed by atoms with Crippen LogP contribution in [-0.4, -0.2) is 34.1 Å². The first-order chi connectivity index (χ1) is 13.0. The van der Waals surface area contributed by atoms with Crippen LogP contribution in [-0.2, 0) is 26.6 Å². The molecule has 3 aromatic heterocycles. The summed E-state index contributed by atoms with van der Waals surface area (Å²) in [6, 6.07) is 7.74. The monoisotopic (exact) mass is 383 g/mol. The summed E-state index contributed by atoms with van der Waals surface area (Å²) < 4.78 is 4.90. The third kappa shape index (κ3) is 3.48. The number of rotatable bonds is 5. The molecule has 4 rings (SSSR count). The van der Waals surface area contributed by atoms with Gasteiger partial charge in [-0.25, -0.2) is 14.6 Å². The zero-order valence-electron chi connectivity index (χ0n) is 15.0. The summed E-state index contributed by atoms with van der Waals surface area (Å²) in [6.45, 7) is 2.77. The molecule has 8 nitrogen and oxygen atoms in total. The molecule has 0 aliphatic heterocycles. The van der Waals surface area contributed by atoms with Crippen molar-refractivity contribution in [3.05, 3.63) is 69.4 Å². The molecule has 0 aliphatic carbocycles. The summed E-state index contributed by atoms with van der Waals surface area (Å²) >= 11 is 5.90.